The maximum Gasteiger partial charge on any atom is 0.332 e. The molecule has 0 bridgehead atoms. The maximum atomic E-state index is 11.5. The van der Waals surface area contributed by atoms with Gasteiger partial charge >= 0.3 is 5.69 Å². The average Bonchev–Trinajstić information content (AvgIpc) is 2.13. The lowest BCUT2D eigenvalue weighted by Gasteiger charge is -2.04. The van der Waals surface area contributed by atoms with Crippen LogP contribution in [0.15, 0.2) is 9.59 Å². The summed E-state index contributed by atoms with van der Waals surface area (Å²) in [6.07, 6.45) is -0.223. The highest BCUT2D eigenvalue weighted by atomic mass is 32.1. The van der Waals surface area contributed by atoms with Crippen molar-refractivity contribution in [1.82, 2.24) is 9.55 Å². The third-order valence-electron chi connectivity index (χ3n) is 2.06. The van der Waals surface area contributed by atoms with Gasteiger partial charge in [-0.15, -0.1) is 0 Å². The molecule has 0 atom stereocenters. The van der Waals surface area contributed by atoms with Crippen molar-refractivity contribution in [2.75, 3.05) is 0 Å². The molecular formula is C8H11N4O3S+. The van der Waals surface area contributed by atoms with E-state index >= 15 is 0 Å². The molecule has 0 spiro atoms. The lowest BCUT2D eigenvalue weighted by atomic mass is 10.1. The fourth-order valence-electron chi connectivity index (χ4n) is 1.20. The van der Waals surface area contributed by atoms with E-state index in [2.05, 4.69) is 10.7 Å². The molecule has 16 heavy (non-hydrogen) atoms. The van der Waals surface area contributed by atoms with Crippen molar-refractivity contribution in [2.24, 2.45) is 12.8 Å². The van der Waals surface area contributed by atoms with E-state index in [1.807, 2.05) is 0 Å². The minimum Gasteiger partial charge on any atom is -0.369 e. The Morgan fingerprint density at radius 3 is 2.62 bits per heavy atom. The highest BCUT2D eigenvalue weighted by molar-refractivity contribution is 7.81. The molecule has 0 fully saturated rings. The van der Waals surface area contributed by atoms with Crippen molar-refractivity contribution in [3.05, 3.63) is 26.4 Å². The molecule has 8 heteroatoms. The summed E-state index contributed by atoms with van der Waals surface area (Å²) in [5, 5.41) is 0. The minimum atomic E-state index is -0.653. The van der Waals surface area contributed by atoms with Gasteiger partial charge < -0.3 is 11.5 Å². The van der Waals surface area contributed by atoms with E-state index in [0.29, 0.717) is 0 Å². The zero-order valence-electron chi connectivity index (χ0n) is 8.57. The summed E-state index contributed by atoms with van der Waals surface area (Å²) in [6, 6.07) is 0. The van der Waals surface area contributed by atoms with Crippen molar-refractivity contribution >= 4 is 28.8 Å². The third-order valence-corrected chi connectivity index (χ3v) is 2.41. The number of aromatic amines is 1. The van der Waals surface area contributed by atoms with E-state index in [9.17, 15) is 14.4 Å². The number of primary amides is 1. The number of carbonyl (C=O) groups is 1. The third kappa shape index (κ3) is 2.23. The SMILES string of the molecule is Cn1c([NH3+])c(C(=S)CC(N)=O)c(=O)[nH]c1=O. The molecule has 0 saturated carbocycles. The number of nitrogens with two attached hydrogens (primary N) is 1. The number of hydrogen-bond acceptors (Lipinski definition) is 4. The smallest absolute Gasteiger partial charge is 0.332 e. The fraction of sp³-hybridized carbons (Fsp3) is 0.250. The highest BCUT2D eigenvalue weighted by Crippen LogP contribution is 2.04. The lowest BCUT2D eigenvalue weighted by molar-refractivity contribution is -0.265. The van der Waals surface area contributed by atoms with Gasteiger partial charge in [-0.25, -0.2) is 4.79 Å². The van der Waals surface area contributed by atoms with Gasteiger partial charge in [-0.1, -0.05) is 12.2 Å². The van der Waals surface area contributed by atoms with Crippen LogP contribution in [0.3, 0.4) is 0 Å². The number of aromatic nitrogens is 2. The van der Waals surface area contributed by atoms with Crippen LogP contribution in [0.25, 0.3) is 0 Å². The summed E-state index contributed by atoms with van der Waals surface area (Å²) in [4.78, 5) is 35.5. The van der Waals surface area contributed by atoms with Crippen LogP contribution in [0, 0.1) is 0 Å². The Morgan fingerprint density at radius 1 is 1.56 bits per heavy atom. The zero-order chi connectivity index (χ0) is 12.5. The van der Waals surface area contributed by atoms with Crippen molar-refractivity contribution in [2.45, 2.75) is 6.42 Å². The minimum absolute atomic E-state index is 0.0518. The Balaban J connectivity index is 3.41. The second kappa shape index (κ2) is 4.37. The first-order chi connectivity index (χ1) is 7.34. The molecule has 0 unspecified atom stereocenters. The Labute approximate surface area is 95.1 Å². The molecule has 0 aliphatic heterocycles. The van der Waals surface area contributed by atoms with Crippen LogP contribution in [0.2, 0.25) is 0 Å². The van der Waals surface area contributed by atoms with E-state index in [-0.39, 0.29) is 22.7 Å². The fourth-order valence-corrected chi connectivity index (χ4v) is 1.55. The van der Waals surface area contributed by atoms with Gasteiger partial charge in [0, 0.05) is 11.9 Å². The van der Waals surface area contributed by atoms with E-state index in [1.54, 1.807) is 0 Å². The number of carbonyl (C=O) groups excluding carboxylic acids is 1. The Hall–Kier alpha value is -1.80. The molecule has 1 aromatic heterocycles. The topological polar surface area (TPSA) is 126 Å². The van der Waals surface area contributed by atoms with E-state index in [4.69, 9.17) is 18.0 Å². The van der Waals surface area contributed by atoms with E-state index in [0.717, 1.165) is 4.57 Å². The van der Waals surface area contributed by atoms with Gasteiger partial charge in [0.05, 0.1) is 6.42 Å². The van der Waals surface area contributed by atoms with Crippen LogP contribution in [-0.4, -0.2) is 20.3 Å². The van der Waals surface area contributed by atoms with Gasteiger partial charge in [0.15, 0.2) is 0 Å². The number of H-pyrrole nitrogens is 1. The second-order valence-corrected chi connectivity index (χ2v) is 3.70. The van der Waals surface area contributed by atoms with E-state index < -0.39 is 17.2 Å². The van der Waals surface area contributed by atoms with Crippen LogP contribution in [0.5, 0.6) is 0 Å². The summed E-state index contributed by atoms with van der Waals surface area (Å²) in [5.74, 6) is -0.474. The van der Waals surface area contributed by atoms with Gasteiger partial charge in [-0.05, 0) is 0 Å². The monoisotopic (exact) mass is 243 g/mol. The van der Waals surface area contributed by atoms with E-state index in [1.165, 1.54) is 7.05 Å². The molecule has 7 nitrogen and oxygen atoms in total. The summed E-state index contributed by atoms with van der Waals surface area (Å²) in [5.41, 5.74) is 7.36. The van der Waals surface area contributed by atoms with Gasteiger partial charge in [0.25, 0.3) is 5.56 Å². The predicted molar refractivity (Wildman–Crippen MR) is 60.4 cm³/mol. The Kier molecular flexibility index (Phi) is 3.35. The van der Waals surface area contributed by atoms with Gasteiger partial charge in [-0.3, -0.25) is 19.1 Å². The first-order valence-electron chi connectivity index (χ1n) is 4.31. The summed E-state index contributed by atoms with van der Waals surface area (Å²) in [7, 11) is 1.44. The summed E-state index contributed by atoms with van der Waals surface area (Å²) >= 11 is 4.90. The quantitative estimate of drug-likeness (QED) is 0.402. The molecular weight excluding hydrogens is 232 g/mol. The normalized spacial score (nSPS) is 10.1. The Bertz CT molecular complexity index is 572. The molecule has 1 heterocycles. The van der Waals surface area contributed by atoms with Crippen LogP contribution in [-0.2, 0) is 11.8 Å². The average molecular weight is 243 g/mol. The number of nitrogens with one attached hydrogen (secondary N) is 1. The largest absolute Gasteiger partial charge is 0.369 e. The zero-order valence-corrected chi connectivity index (χ0v) is 9.39. The van der Waals surface area contributed by atoms with Crippen molar-refractivity contribution in [3.8, 4) is 0 Å². The predicted octanol–water partition coefficient (Wildman–Crippen LogP) is -2.46. The number of quaternary nitrogens is 1. The van der Waals surface area contributed by atoms with Crippen LogP contribution >= 0.6 is 12.2 Å². The number of nitrogens with zero attached hydrogens (tertiary/aromatic N) is 1. The molecule has 86 valence electrons. The Morgan fingerprint density at radius 2 is 2.12 bits per heavy atom. The standard InChI is InChI=1S/C8H10N4O3S/c1-12-6(10)5(3(16)2-4(9)13)7(14)11-8(12)15/h2,10H2,1H3,(H2,9,13)(H,11,14,15)/p+1. The van der Waals surface area contributed by atoms with Crippen molar-refractivity contribution < 1.29 is 10.5 Å². The first kappa shape index (κ1) is 12.3. The molecule has 1 aromatic rings. The molecule has 0 aliphatic rings. The molecule has 1 amide bonds. The molecule has 1 rings (SSSR count). The highest BCUT2D eigenvalue weighted by Gasteiger charge is 2.18. The lowest BCUT2D eigenvalue weighted by Crippen LogP contribution is -2.51. The van der Waals surface area contributed by atoms with Crippen LogP contribution in [0.1, 0.15) is 12.0 Å². The van der Waals surface area contributed by atoms with Gasteiger partial charge in [-0.2, -0.15) is 0 Å². The van der Waals surface area contributed by atoms with Crippen molar-refractivity contribution in [1.29, 1.82) is 0 Å². The number of thiocarbonyl (C=S) groups is 1. The van der Waals surface area contributed by atoms with Crippen LogP contribution < -0.4 is 22.7 Å². The number of hydrogen-bond donors (Lipinski definition) is 3. The molecule has 0 aliphatic carbocycles. The molecule has 0 aromatic carbocycles. The van der Waals surface area contributed by atoms with Crippen molar-refractivity contribution in [3.63, 3.8) is 0 Å². The summed E-state index contributed by atoms with van der Waals surface area (Å²) < 4.78 is 1.14. The molecule has 6 N–H and O–H groups in total. The summed E-state index contributed by atoms with van der Waals surface area (Å²) in [6.45, 7) is 0. The number of amides is 1. The second-order valence-electron chi connectivity index (χ2n) is 3.21. The molecule has 0 saturated heterocycles. The number of rotatable bonds is 3. The first-order valence-corrected chi connectivity index (χ1v) is 4.72. The van der Waals surface area contributed by atoms with Gasteiger partial charge in [0.1, 0.15) is 5.56 Å². The van der Waals surface area contributed by atoms with Gasteiger partial charge in [0.2, 0.25) is 11.7 Å². The van der Waals surface area contributed by atoms with Crippen LogP contribution in [0.4, 0.5) is 5.82 Å². The maximum absolute atomic E-state index is 11.5. The molecule has 0 radical (unpaired) electrons.